The first kappa shape index (κ1) is 13.6. The number of benzene rings is 1. The van der Waals surface area contributed by atoms with E-state index in [1.165, 1.54) is 18.0 Å². The molecule has 2 aromatic rings. The maximum absolute atomic E-state index is 12.1. The van der Waals surface area contributed by atoms with Gasteiger partial charge in [0.15, 0.2) is 5.69 Å². The molecule has 0 fully saturated rings. The predicted molar refractivity (Wildman–Crippen MR) is 71.1 cm³/mol. The number of anilines is 1. The van der Waals surface area contributed by atoms with Gasteiger partial charge in [0.25, 0.3) is 5.91 Å². The van der Waals surface area contributed by atoms with Gasteiger partial charge in [-0.3, -0.25) is 9.48 Å². The lowest BCUT2D eigenvalue weighted by molar-refractivity contribution is 0.0692. The summed E-state index contributed by atoms with van der Waals surface area (Å²) in [4.78, 5) is 23.2. The van der Waals surface area contributed by atoms with Crippen molar-refractivity contribution in [2.45, 2.75) is 0 Å². The number of rotatable bonds is 4. The summed E-state index contributed by atoms with van der Waals surface area (Å²) in [5.41, 5.74) is 0.146. The number of para-hydroxylation sites is 2. The van der Waals surface area contributed by atoms with E-state index in [-0.39, 0.29) is 11.3 Å². The lowest BCUT2D eigenvalue weighted by atomic mass is 10.2. The largest absolute Gasteiger partial charge is 0.495 e. The second kappa shape index (κ2) is 5.43. The molecular formula is C13H13N3O4. The van der Waals surface area contributed by atoms with Gasteiger partial charge in [0, 0.05) is 13.2 Å². The Hall–Kier alpha value is -2.83. The van der Waals surface area contributed by atoms with Crippen LogP contribution in [0.1, 0.15) is 20.8 Å². The van der Waals surface area contributed by atoms with E-state index in [0.717, 1.165) is 0 Å². The fraction of sp³-hybridized carbons (Fsp3) is 0.154. The Bertz CT molecular complexity index is 663. The van der Waals surface area contributed by atoms with Crippen molar-refractivity contribution in [3.8, 4) is 5.75 Å². The highest BCUT2D eigenvalue weighted by molar-refractivity contribution is 6.09. The number of carbonyl (C=O) groups excluding carboxylic acids is 1. The highest BCUT2D eigenvalue weighted by Gasteiger charge is 2.21. The van der Waals surface area contributed by atoms with Crippen LogP contribution in [0.5, 0.6) is 5.75 Å². The van der Waals surface area contributed by atoms with Crippen LogP contribution in [0.3, 0.4) is 0 Å². The van der Waals surface area contributed by atoms with E-state index >= 15 is 0 Å². The molecule has 2 N–H and O–H groups in total. The molecule has 7 nitrogen and oxygen atoms in total. The van der Waals surface area contributed by atoms with Gasteiger partial charge in [-0.25, -0.2) is 4.79 Å². The summed E-state index contributed by atoms with van der Waals surface area (Å²) in [5, 5.41) is 15.5. The third-order valence-electron chi connectivity index (χ3n) is 2.63. The van der Waals surface area contributed by atoms with Crippen LogP contribution >= 0.6 is 0 Å². The smallest absolute Gasteiger partial charge is 0.339 e. The zero-order chi connectivity index (χ0) is 14.7. The number of carbonyl (C=O) groups is 2. The summed E-state index contributed by atoms with van der Waals surface area (Å²) in [7, 11) is 3.03. The molecular weight excluding hydrogens is 262 g/mol. The minimum absolute atomic E-state index is 0.147. The van der Waals surface area contributed by atoms with E-state index in [2.05, 4.69) is 10.4 Å². The van der Waals surface area contributed by atoms with Crippen LogP contribution in [0.15, 0.2) is 30.5 Å². The number of nitrogens with zero attached hydrogens (tertiary/aromatic N) is 2. The Morgan fingerprint density at radius 3 is 2.70 bits per heavy atom. The van der Waals surface area contributed by atoms with Crippen LogP contribution in [0.2, 0.25) is 0 Å². The summed E-state index contributed by atoms with van der Waals surface area (Å²) in [6.07, 6.45) is 1.28. The summed E-state index contributed by atoms with van der Waals surface area (Å²) in [6, 6.07) is 6.83. The monoisotopic (exact) mass is 275 g/mol. The number of nitrogens with one attached hydrogen (secondary N) is 1. The Labute approximate surface area is 114 Å². The van der Waals surface area contributed by atoms with E-state index in [9.17, 15) is 9.59 Å². The summed E-state index contributed by atoms with van der Waals surface area (Å²) >= 11 is 0. The minimum atomic E-state index is -1.21. The number of hydrogen-bond acceptors (Lipinski definition) is 4. The standard InChI is InChI=1S/C13H13N3O4/c1-16-7-8(13(18)19)11(15-16)12(17)14-9-5-3-4-6-10(9)20-2/h3-7H,1-2H3,(H,14,17)(H,18,19). The number of hydrogen-bond donors (Lipinski definition) is 2. The Morgan fingerprint density at radius 1 is 1.35 bits per heavy atom. The molecule has 0 aliphatic heterocycles. The zero-order valence-corrected chi connectivity index (χ0v) is 11.0. The molecule has 20 heavy (non-hydrogen) atoms. The second-order valence-electron chi connectivity index (χ2n) is 4.02. The van der Waals surface area contributed by atoms with Crippen molar-refractivity contribution in [1.29, 1.82) is 0 Å². The molecule has 0 bridgehead atoms. The minimum Gasteiger partial charge on any atom is -0.495 e. The second-order valence-corrected chi connectivity index (χ2v) is 4.02. The maximum atomic E-state index is 12.1. The van der Waals surface area contributed by atoms with Crippen LogP contribution in [-0.4, -0.2) is 33.9 Å². The van der Waals surface area contributed by atoms with E-state index in [4.69, 9.17) is 9.84 Å². The van der Waals surface area contributed by atoms with Crippen molar-refractivity contribution in [2.75, 3.05) is 12.4 Å². The van der Waals surface area contributed by atoms with Gasteiger partial charge in [-0.05, 0) is 12.1 Å². The van der Waals surface area contributed by atoms with Crippen LogP contribution in [0, 0.1) is 0 Å². The molecule has 0 radical (unpaired) electrons. The Balaban J connectivity index is 2.31. The normalized spacial score (nSPS) is 10.1. The number of amides is 1. The molecule has 1 amide bonds. The van der Waals surface area contributed by atoms with Crippen molar-refractivity contribution in [2.24, 2.45) is 7.05 Å². The lowest BCUT2D eigenvalue weighted by Crippen LogP contribution is -2.16. The average molecular weight is 275 g/mol. The molecule has 7 heteroatoms. The first-order valence-electron chi connectivity index (χ1n) is 5.74. The van der Waals surface area contributed by atoms with Gasteiger partial charge in [-0.1, -0.05) is 12.1 Å². The van der Waals surface area contributed by atoms with Gasteiger partial charge in [-0.15, -0.1) is 0 Å². The Kier molecular flexibility index (Phi) is 3.69. The molecule has 0 aliphatic rings. The lowest BCUT2D eigenvalue weighted by Gasteiger charge is -2.08. The van der Waals surface area contributed by atoms with Crippen LogP contribution in [-0.2, 0) is 7.05 Å². The van der Waals surface area contributed by atoms with Crippen LogP contribution in [0.4, 0.5) is 5.69 Å². The molecule has 1 aromatic carbocycles. The third kappa shape index (κ3) is 2.61. The van der Waals surface area contributed by atoms with Gasteiger partial charge in [0.05, 0.1) is 12.8 Å². The average Bonchev–Trinajstić information content (AvgIpc) is 2.82. The van der Waals surface area contributed by atoms with Gasteiger partial charge in [0.2, 0.25) is 0 Å². The van der Waals surface area contributed by atoms with Crippen molar-refractivity contribution in [3.63, 3.8) is 0 Å². The quantitative estimate of drug-likeness (QED) is 0.879. The van der Waals surface area contributed by atoms with Crippen LogP contribution < -0.4 is 10.1 Å². The highest BCUT2D eigenvalue weighted by atomic mass is 16.5. The molecule has 1 heterocycles. The summed E-state index contributed by atoms with van der Waals surface area (Å²) in [5.74, 6) is -1.33. The number of aromatic carboxylic acids is 1. The van der Waals surface area contributed by atoms with E-state index in [1.54, 1.807) is 31.3 Å². The first-order valence-corrected chi connectivity index (χ1v) is 5.74. The van der Waals surface area contributed by atoms with Crippen molar-refractivity contribution in [1.82, 2.24) is 9.78 Å². The molecule has 0 saturated heterocycles. The number of methoxy groups -OCH3 is 1. The number of aromatic nitrogens is 2. The van der Waals surface area contributed by atoms with Gasteiger partial charge in [0.1, 0.15) is 11.3 Å². The fourth-order valence-corrected chi connectivity index (χ4v) is 1.74. The van der Waals surface area contributed by atoms with Crippen LogP contribution in [0.25, 0.3) is 0 Å². The van der Waals surface area contributed by atoms with Crippen molar-refractivity contribution < 1.29 is 19.4 Å². The van der Waals surface area contributed by atoms with Gasteiger partial charge < -0.3 is 15.2 Å². The zero-order valence-electron chi connectivity index (χ0n) is 11.0. The fourth-order valence-electron chi connectivity index (χ4n) is 1.74. The van der Waals surface area contributed by atoms with E-state index in [1.807, 2.05) is 0 Å². The van der Waals surface area contributed by atoms with Crippen molar-refractivity contribution in [3.05, 3.63) is 41.7 Å². The summed E-state index contributed by atoms with van der Waals surface area (Å²) in [6.45, 7) is 0. The molecule has 0 unspecified atom stereocenters. The number of aryl methyl sites for hydroxylation is 1. The maximum Gasteiger partial charge on any atom is 0.339 e. The molecule has 0 saturated carbocycles. The molecule has 104 valence electrons. The van der Waals surface area contributed by atoms with Gasteiger partial charge in [-0.2, -0.15) is 5.10 Å². The third-order valence-corrected chi connectivity index (χ3v) is 2.63. The first-order chi connectivity index (χ1) is 9.52. The molecule has 0 atom stereocenters. The van der Waals surface area contributed by atoms with E-state index in [0.29, 0.717) is 11.4 Å². The van der Waals surface area contributed by atoms with Gasteiger partial charge >= 0.3 is 5.97 Å². The van der Waals surface area contributed by atoms with Crippen molar-refractivity contribution >= 4 is 17.6 Å². The number of ether oxygens (including phenoxy) is 1. The predicted octanol–water partition coefficient (Wildman–Crippen LogP) is 1.38. The SMILES string of the molecule is COc1ccccc1NC(=O)c1nn(C)cc1C(=O)O. The molecule has 1 aromatic heterocycles. The molecule has 0 spiro atoms. The van der Waals surface area contributed by atoms with E-state index < -0.39 is 11.9 Å². The molecule has 0 aliphatic carbocycles. The Morgan fingerprint density at radius 2 is 2.05 bits per heavy atom. The highest BCUT2D eigenvalue weighted by Crippen LogP contribution is 2.23. The molecule has 2 rings (SSSR count). The number of carboxylic acids is 1. The topological polar surface area (TPSA) is 93.5 Å². The summed E-state index contributed by atoms with van der Waals surface area (Å²) < 4.78 is 6.39. The number of carboxylic acid groups (broad SMARTS) is 1.